The maximum absolute atomic E-state index is 6.30. The molecule has 2 rings (SSSR count). The van der Waals surface area contributed by atoms with E-state index in [1.807, 2.05) is 0 Å². The van der Waals surface area contributed by atoms with Gasteiger partial charge in [0.05, 0.1) is 0 Å². The minimum Gasteiger partial charge on any atom is -0.329 e. The van der Waals surface area contributed by atoms with Gasteiger partial charge in [0.15, 0.2) is 0 Å². The molecule has 1 heterocycles. The summed E-state index contributed by atoms with van der Waals surface area (Å²) in [6.45, 7) is 5.69. The van der Waals surface area contributed by atoms with E-state index in [0.717, 1.165) is 18.5 Å². The largest absolute Gasteiger partial charge is 0.329 e. The zero-order chi connectivity index (χ0) is 13.9. The normalized spacial score (nSPS) is 37.7. The topological polar surface area (TPSA) is 32.5 Å². The van der Waals surface area contributed by atoms with E-state index >= 15 is 0 Å². The molecule has 3 heteroatoms. The fourth-order valence-electron chi connectivity index (χ4n) is 4.47. The van der Waals surface area contributed by atoms with Crippen molar-refractivity contribution in [1.82, 2.24) is 9.80 Å². The number of hydrogen-bond donors (Lipinski definition) is 1. The van der Waals surface area contributed by atoms with Crippen molar-refractivity contribution in [2.24, 2.45) is 11.7 Å². The Bertz CT molecular complexity index is 279. The zero-order valence-corrected chi connectivity index (χ0v) is 13.2. The summed E-state index contributed by atoms with van der Waals surface area (Å²) in [5, 5.41) is 0. The predicted molar refractivity (Wildman–Crippen MR) is 82.3 cm³/mol. The van der Waals surface area contributed by atoms with Crippen LogP contribution in [-0.4, -0.2) is 55.1 Å². The SMILES string of the molecule is CCC1CCCCC1(CN)N1CCCC(N(C)C)C1. The van der Waals surface area contributed by atoms with Crippen LogP contribution in [0.2, 0.25) is 0 Å². The summed E-state index contributed by atoms with van der Waals surface area (Å²) in [4.78, 5) is 5.18. The van der Waals surface area contributed by atoms with E-state index in [1.165, 1.54) is 58.0 Å². The van der Waals surface area contributed by atoms with Crippen LogP contribution in [0.5, 0.6) is 0 Å². The fourth-order valence-corrected chi connectivity index (χ4v) is 4.47. The van der Waals surface area contributed by atoms with Gasteiger partial charge >= 0.3 is 0 Å². The molecule has 19 heavy (non-hydrogen) atoms. The third-order valence-corrected chi connectivity index (χ3v) is 5.78. The van der Waals surface area contributed by atoms with Crippen LogP contribution in [0.3, 0.4) is 0 Å². The Kier molecular flexibility index (Phi) is 5.27. The molecule has 0 amide bonds. The van der Waals surface area contributed by atoms with E-state index in [4.69, 9.17) is 5.73 Å². The highest BCUT2D eigenvalue weighted by Gasteiger charge is 2.44. The number of hydrogen-bond acceptors (Lipinski definition) is 3. The molecule has 0 radical (unpaired) electrons. The Morgan fingerprint density at radius 1 is 1.21 bits per heavy atom. The summed E-state index contributed by atoms with van der Waals surface area (Å²) >= 11 is 0. The van der Waals surface area contributed by atoms with Gasteiger partial charge in [-0.1, -0.05) is 26.2 Å². The number of nitrogens with two attached hydrogens (primary N) is 1. The van der Waals surface area contributed by atoms with E-state index < -0.39 is 0 Å². The maximum Gasteiger partial charge on any atom is 0.0360 e. The van der Waals surface area contributed by atoms with E-state index in [1.54, 1.807) is 0 Å². The highest BCUT2D eigenvalue weighted by Crippen LogP contribution is 2.41. The van der Waals surface area contributed by atoms with Gasteiger partial charge in [0.2, 0.25) is 0 Å². The first-order chi connectivity index (χ1) is 9.14. The van der Waals surface area contributed by atoms with Gasteiger partial charge in [0, 0.05) is 24.7 Å². The van der Waals surface area contributed by atoms with E-state index in [2.05, 4.69) is 30.8 Å². The number of likely N-dealkylation sites (tertiary alicyclic amines) is 1. The molecule has 0 aromatic rings. The Morgan fingerprint density at radius 2 is 2.00 bits per heavy atom. The molecule has 1 saturated heterocycles. The van der Waals surface area contributed by atoms with Crippen LogP contribution in [0.1, 0.15) is 51.9 Å². The maximum atomic E-state index is 6.30. The molecule has 2 aliphatic rings. The van der Waals surface area contributed by atoms with Crippen molar-refractivity contribution in [2.75, 3.05) is 33.7 Å². The molecule has 0 bridgehead atoms. The van der Waals surface area contributed by atoms with Crippen molar-refractivity contribution in [3.8, 4) is 0 Å². The van der Waals surface area contributed by atoms with Gasteiger partial charge in [0.1, 0.15) is 0 Å². The Balaban J connectivity index is 2.14. The lowest BCUT2D eigenvalue weighted by Crippen LogP contribution is -2.63. The lowest BCUT2D eigenvalue weighted by Gasteiger charge is -2.54. The molecule has 1 aliphatic carbocycles. The predicted octanol–water partition coefficient (Wildman–Crippen LogP) is 2.31. The molecule has 0 aromatic carbocycles. The summed E-state index contributed by atoms with van der Waals surface area (Å²) in [5.74, 6) is 0.812. The van der Waals surface area contributed by atoms with Crippen molar-refractivity contribution in [3.05, 3.63) is 0 Å². The highest BCUT2D eigenvalue weighted by molar-refractivity contribution is 5.01. The molecule has 3 unspecified atom stereocenters. The molecular formula is C16H33N3. The van der Waals surface area contributed by atoms with Gasteiger partial charge in [0.25, 0.3) is 0 Å². The number of nitrogens with zero attached hydrogens (tertiary/aromatic N) is 2. The summed E-state index contributed by atoms with van der Waals surface area (Å²) in [6, 6.07) is 0.719. The summed E-state index contributed by atoms with van der Waals surface area (Å²) in [6.07, 6.45) is 9.46. The van der Waals surface area contributed by atoms with Crippen LogP contribution in [0.15, 0.2) is 0 Å². The van der Waals surface area contributed by atoms with E-state index in [9.17, 15) is 0 Å². The third-order valence-electron chi connectivity index (χ3n) is 5.78. The quantitative estimate of drug-likeness (QED) is 0.848. The summed E-state index contributed by atoms with van der Waals surface area (Å²) < 4.78 is 0. The van der Waals surface area contributed by atoms with Crippen molar-refractivity contribution in [3.63, 3.8) is 0 Å². The molecule has 0 spiro atoms. The second-order valence-corrected chi connectivity index (χ2v) is 6.86. The average molecular weight is 267 g/mol. The van der Waals surface area contributed by atoms with Gasteiger partial charge < -0.3 is 10.6 Å². The van der Waals surface area contributed by atoms with Crippen molar-refractivity contribution < 1.29 is 0 Å². The Hall–Kier alpha value is -0.120. The van der Waals surface area contributed by atoms with Crippen molar-refractivity contribution in [1.29, 1.82) is 0 Å². The van der Waals surface area contributed by atoms with Crippen LogP contribution < -0.4 is 5.73 Å². The van der Waals surface area contributed by atoms with Gasteiger partial charge in [-0.15, -0.1) is 0 Å². The van der Waals surface area contributed by atoms with Crippen molar-refractivity contribution >= 4 is 0 Å². The van der Waals surface area contributed by atoms with E-state index in [-0.39, 0.29) is 0 Å². The Morgan fingerprint density at radius 3 is 2.63 bits per heavy atom. The lowest BCUT2D eigenvalue weighted by atomic mass is 9.69. The lowest BCUT2D eigenvalue weighted by molar-refractivity contribution is -0.0274. The summed E-state index contributed by atoms with van der Waals surface area (Å²) in [5.41, 5.74) is 6.61. The molecular weight excluding hydrogens is 234 g/mol. The molecule has 2 fully saturated rings. The number of likely N-dealkylation sites (N-methyl/N-ethyl adjacent to an activating group) is 1. The molecule has 2 N–H and O–H groups in total. The van der Waals surface area contributed by atoms with Gasteiger partial charge in [-0.2, -0.15) is 0 Å². The molecule has 0 aromatic heterocycles. The first kappa shape index (κ1) is 15.3. The molecule has 3 atom stereocenters. The monoisotopic (exact) mass is 267 g/mol. The van der Waals surface area contributed by atoms with Crippen LogP contribution in [0.4, 0.5) is 0 Å². The summed E-state index contributed by atoms with van der Waals surface area (Å²) in [7, 11) is 4.45. The third kappa shape index (κ3) is 2.98. The van der Waals surface area contributed by atoms with Gasteiger partial charge in [-0.05, 0) is 52.2 Å². The minimum absolute atomic E-state index is 0.307. The molecule has 1 saturated carbocycles. The van der Waals surface area contributed by atoms with Crippen molar-refractivity contribution in [2.45, 2.75) is 63.5 Å². The number of piperidine rings is 1. The van der Waals surface area contributed by atoms with Gasteiger partial charge in [-0.3, -0.25) is 4.90 Å². The second kappa shape index (κ2) is 6.55. The first-order valence-electron chi connectivity index (χ1n) is 8.25. The first-order valence-corrected chi connectivity index (χ1v) is 8.25. The fraction of sp³-hybridized carbons (Fsp3) is 1.00. The highest BCUT2D eigenvalue weighted by atomic mass is 15.3. The van der Waals surface area contributed by atoms with Crippen LogP contribution in [0, 0.1) is 5.92 Å². The van der Waals surface area contributed by atoms with Crippen LogP contribution >= 0.6 is 0 Å². The standard InChI is InChI=1S/C16H33N3/c1-4-14-8-5-6-10-16(14,13-17)19-11-7-9-15(12-19)18(2)3/h14-15H,4-13,17H2,1-3H3. The van der Waals surface area contributed by atoms with Gasteiger partial charge in [-0.25, -0.2) is 0 Å². The molecule has 3 nitrogen and oxygen atoms in total. The second-order valence-electron chi connectivity index (χ2n) is 6.86. The van der Waals surface area contributed by atoms with Crippen LogP contribution in [0.25, 0.3) is 0 Å². The zero-order valence-electron chi connectivity index (χ0n) is 13.2. The molecule has 112 valence electrons. The smallest absolute Gasteiger partial charge is 0.0360 e. The Labute approximate surface area is 119 Å². The van der Waals surface area contributed by atoms with Crippen LogP contribution in [-0.2, 0) is 0 Å². The molecule has 1 aliphatic heterocycles. The average Bonchev–Trinajstić information content (AvgIpc) is 2.47. The minimum atomic E-state index is 0.307. The van der Waals surface area contributed by atoms with E-state index in [0.29, 0.717) is 5.54 Å². The number of rotatable bonds is 4.